The first-order valence-electron chi connectivity index (χ1n) is 18.5. The number of nitrogens with zero attached hydrogens (tertiary/aromatic N) is 1. The maximum Gasteiger partial charge on any atom is 0.164 e. The van der Waals surface area contributed by atoms with Gasteiger partial charge in [-0.05, 0) is 78.5 Å². The van der Waals surface area contributed by atoms with E-state index in [1.54, 1.807) is 11.8 Å². The largest absolute Gasteiger partial charge is 0.512 e. The Hall–Kier alpha value is -2.70. The van der Waals surface area contributed by atoms with Gasteiger partial charge in [0, 0.05) is 58.9 Å². The van der Waals surface area contributed by atoms with Gasteiger partial charge in [-0.15, -0.1) is 40.7 Å². The number of carbonyl (C=O) groups excluding carboxylic acids is 1. The second kappa shape index (κ2) is 17.6. The van der Waals surface area contributed by atoms with Crippen LogP contribution >= 0.6 is 23.1 Å². The van der Waals surface area contributed by atoms with E-state index >= 15 is 0 Å². The van der Waals surface area contributed by atoms with Crippen molar-refractivity contribution in [2.45, 2.75) is 125 Å². The number of pyridine rings is 1. The van der Waals surface area contributed by atoms with Crippen LogP contribution in [0.3, 0.4) is 0 Å². The van der Waals surface area contributed by atoms with Gasteiger partial charge in [0.05, 0.1) is 4.70 Å². The molecule has 4 nitrogen and oxygen atoms in total. The summed E-state index contributed by atoms with van der Waals surface area (Å²) in [6, 6.07) is 14.3. The molecule has 0 saturated heterocycles. The van der Waals surface area contributed by atoms with Crippen molar-refractivity contribution < 1.29 is 34.4 Å². The van der Waals surface area contributed by atoms with Crippen molar-refractivity contribution in [2.24, 2.45) is 16.7 Å². The van der Waals surface area contributed by atoms with Crippen LogP contribution in [-0.4, -0.2) is 15.9 Å². The van der Waals surface area contributed by atoms with Crippen molar-refractivity contribution in [1.29, 1.82) is 0 Å². The average Bonchev–Trinajstić information content (AvgIpc) is 3.64. The van der Waals surface area contributed by atoms with Gasteiger partial charge in [-0.3, -0.25) is 4.79 Å². The molecule has 0 aliphatic carbocycles. The minimum absolute atomic E-state index is 0. The van der Waals surface area contributed by atoms with Gasteiger partial charge in [-0.25, -0.2) is 0 Å². The van der Waals surface area contributed by atoms with Crippen molar-refractivity contribution in [3.8, 4) is 11.3 Å². The van der Waals surface area contributed by atoms with E-state index in [9.17, 15) is 9.90 Å². The second-order valence-corrected chi connectivity index (χ2v) is 17.9. The molecule has 0 spiro atoms. The molecule has 0 bridgehead atoms. The quantitative estimate of drug-likeness (QED) is 0.0585. The molecule has 283 valence electrons. The zero-order chi connectivity index (χ0) is 37.9. The Morgan fingerprint density at radius 1 is 1.02 bits per heavy atom. The Labute approximate surface area is 334 Å². The maximum atomic E-state index is 12.2. The zero-order valence-electron chi connectivity index (χ0n) is 33.3. The molecule has 1 N–H and O–H groups in total. The molecule has 1 radical (unpaired) electrons. The topological polar surface area (TPSA) is 63.3 Å². The molecule has 0 unspecified atom stereocenters. The molecule has 0 amide bonds. The van der Waals surface area contributed by atoms with Crippen molar-refractivity contribution in [2.75, 3.05) is 0 Å². The first-order valence-corrected chi connectivity index (χ1v) is 20.2. The Balaban J connectivity index is 0.000000347. The van der Waals surface area contributed by atoms with Gasteiger partial charge in [0.1, 0.15) is 11.3 Å². The summed E-state index contributed by atoms with van der Waals surface area (Å²) in [5.74, 6) is 0.914. The number of ketones is 1. The third-order valence-corrected chi connectivity index (χ3v) is 13.0. The van der Waals surface area contributed by atoms with Crippen LogP contribution in [-0.2, 0) is 36.7 Å². The van der Waals surface area contributed by atoms with Crippen LogP contribution in [0.4, 0.5) is 0 Å². The number of rotatable bonds is 12. The SMILES string of the molecule is C=CSc1c[c-]c(-c2nccc3oc4c(ccc5c(C)c(CC(C)C)sc54)c23)cc1C(C)(C)C.CCC(C)(CC)C(=O)/C=C(\O)C(C)(CC)CC.[Ir]. The van der Waals surface area contributed by atoms with Crippen molar-refractivity contribution >= 4 is 60.9 Å². The summed E-state index contributed by atoms with van der Waals surface area (Å²) in [7, 11) is 0. The van der Waals surface area contributed by atoms with Crippen molar-refractivity contribution in [1.82, 2.24) is 4.98 Å². The minimum Gasteiger partial charge on any atom is -0.512 e. The maximum absolute atomic E-state index is 12.2. The van der Waals surface area contributed by atoms with Gasteiger partial charge >= 0.3 is 0 Å². The van der Waals surface area contributed by atoms with E-state index in [2.05, 4.69) is 78.5 Å². The van der Waals surface area contributed by atoms with Crippen LogP contribution in [0.5, 0.6) is 0 Å². The number of hydrogen-bond donors (Lipinski definition) is 1. The van der Waals surface area contributed by atoms with Gasteiger partial charge in [-0.2, -0.15) is 11.8 Å². The molecule has 7 heteroatoms. The van der Waals surface area contributed by atoms with Crippen LogP contribution < -0.4 is 0 Å². The van der Waals surface area contributed by atoms with E-state index in [4.69, 9.17) is 9.40 Å². The summed E-state index contributed by atoms with van der Waals surface area (Å²) in [5, 5.41) is 15.5. The number of aromatic nitrogens is 1. The van der Waals surface area contributed by atoms with Gasteiger partial charge in [0.15, 0.2) is 11.4 Å². The van der Waals surface area contributed by atoms with E-state index in [1.807, 2.05) is 70.6 Å². The number of thiophene rings is 1. The molecular formula is C45H58IrNO3S2-. The van der Waals surface area contributed by atoms with Crippen molar-refractivity contribution in [3.05, 3.63) is 82.4 Å². The standard InChI is InChI=1S/C30H30NOS2.C15H28O2.Ir/c1-8-33-24-12-9-19(16-22(24)30(5,6)7)27-26-21-11-10-20-18(4)25(15-17(2)3)34-29(20)28(21)32-23(26)13-14-31-27;1-7-14(5,8-2)12(16)11-13(17)15(6,9-3)10-4;/h8,10-14,16-17H,1,15H2,2-7H3;11,16H,7-10H2,1-6H3;/q-1;;/b;12-11-;. The zero-order valence-corrected chi connectivity index (χ0v) is 37.3. The average molecular weight is 917 g/mol. The van der Waals surface area contributed by atoms with Crippen LogP contribution in [0.15, 0.2) is 69.7 Å². The van der Waals surface area contributed by atoms with Gasteiger partial charge in [-0.1, -0.05) is 99.8 Å². The Morgan fingerprint density at radius 3 is 2.19 bits per heavy atom. The van der Waals surface area contributed by atoms with E-state index in [0.29, 0.717) is 5.92 Å². The number of aliphatic hydroxyl groups excluding tert-OH is 1. The van der Waals surface area contributed by atoms with Crippen LogP contribution in [0, 0.1) is 29.7 Å². The molecule has 3 aromatic heterocycles. The monoisotopic (exact) mass is 917 g/mol. The summed E-state index contributed by atoms with van der Waals surface area (Å²) in [5.41, 5.74) is 5.81. The third-order valence-electron chi connectivity index (χ3n) is 10.9. The molecule has 5 aromatic rings. The molecule has 3 heterocycles. The number of fused-ring (bicyclic) bond motifs is 5. The molecule has 0 atom stereocenters. The molecule has 2 aromatic carbocycles. The predicted molar refractivity (Wildman–Crippen MR) is 222 cm³/mol. The van der Waals surface area contributed by atoms with Gasteiger partial charge < -0.3 is 14.5 Å². The van der Waals surface area contributed by atoms with Crippen LogP contribution in [0.1, 0.15) is 118 Å². The predicted octanol–water partition coefficient (Wildman–Crippen LogP) is 14.4. The Kier molecular flexibility index (Phi) is 14.8. The number of furan rings is 1. The smallest absolute Gasteiger partial charge is 0.164 e. The van der Waals surface area contributed by atoms with E-state index < -0.39 is 0 Å². The normalized spacial score (nSPS) is 12.7. The fourth-order valence-corrected chi connectivity index (χ4v) is 8.65. The number of hydrogen-bond acceptors (Lipinski definition) is 6. The summed E-state index contributed by atoms with van der Waals surface area (Å²) < 4.78 is 7.74. The molecule has 0 fully saturated rings. The van der Waals surface area contributed by atoms with Crippen LogP contribution in [0.25, 0.3) is 43.3 Å². The number of thioether (sulfide) groups is 1. The van der Waals surface area contributed by atoms with E-state index in [1.165, 1.54) is 37.1 Å². The Bertz CT molecular complexity index is 2050. The third kappa shape index (κ3) is 8.97. The first kappa shape index (κ1) is 43.7. The molecule has 0 saturated carbocycles. The number of benzene rings is 2. The van der Waals surface area contributed by atoms with Gasteiger partial charge in [0.2, 0.25) is 0 Å². The number of aliphatic hydroxyl groups is 1. The Morgan fingerprint density at radius 2 is 1.63 bits per heavy atom. The number of allylic oxidation sites excluding steroid dienone is 2. The molecule has 52 heavy (non-hydrogen) atoms. The van der Waals surface area contributed by atoms with Crippen molar-refractivity contribution in [3.63, 3.8) is 0 Å². The fourth-order valence-electron chi connectivity index (χ4n) is 6.35. The minimum atomic E-state index is -0.337. The first-order chi connectivity index (χ1) is 24.0. The van der Waals surface area contributed by atoms with E-state index in [-0.39, 0.29) is 47.9 Å². The summed E-state index contributed by atoms with van der Waals surface area (Å²) in [6.07, 6.45) is 7.70. The fraction of sp³-hybridized carbons (Fsp3) is 0.467. The summed E-state index contributed by atoms with van der Waals surface area (Å²) in [4.78, 5) is 19.6. The molecule has 0 aliphatic heterocycles. The summed E-state index contributed by atoms with van der Waals surface area (Å²) >= 11 is 3.52. The second-order valence-electron chi connectivity index (χ2n) is 15.8. The molecule has 5 rings (SSSR count). The molecule has 0 aliphatic rings. The van der Waals surface area contributed by atoms with E-state index in [0.717, 1.165) is 65.3 Å². The number of aryl methyl sites for hydroxylation is 1. The van der Waals surface area contributed by atoms with Gasteiger partial charge in [0.25, 0.3) is 0 Å². The van der Waals surface area contributed by atoms with Crippen LogP contribution in [0.2, 0.25) is 0 Å². The summed E-state index contributed by atoms with van der Waals surface area (Å²) in [6.45, 7) is 29.5. The molecular weight excluding hydrogens is 859 g/mol. The number of carbonyl (C=O) groups is 1.